The first-order valence-corrected chi connectivity index (χ1v) is 10.4. The highest BCUT2D eigenvalue weighted by atomic mass is 16.7. The van der Waals surface area contributed by atoms with Crippen LogP contribution in [0.2, 0.25) is 0 Å². The minimum absolute atomic E-state index is 0.0115. The Balaban J connectivity index is 1.76. The highest BCUT2D eigenvalue weighted by molar-refractivity contribution is 6.19. The smallest absolute Gasteiger partial charge is 0.344 e. The van der Waals surface area contributed by atoms with Crippen LogP contribution < -0.4 is 10.4 Å². The summed E-state index contributed by atoms with van der Waals surface area (Å²) in [5, 5.41) is 81.1. The lowest BCUT2D eigenvalue weighted by molar-refractivity contribution is -0.277. The topological polar surface area (TPSA) is 211 Å². The van der Waals surface area contributed by atoms with Crippen molar-refractivity contribution in [2.75, 3.05) is 6.61 Å². The summed E-state index contributed by atoms with van der Waals surface area (Å²) in [5.41, 5.74) is -1.33. The average Bonchev–Trinajstić information content (AvgIpc) is 2.83. The van der Waals surface area contributed by atoms with Crippen molar-refractivity contribution in [2.45, 2.75) is 30.7 Å². The van der Waals surface area contributed by atoms with Crippen LogP contribution in [0, 0.1) is 0 Å². The molecule has 0 spiro atoms. The van der Waals surface area contributed by atoms with E-state index in [-0.39, 0.29) is 38.3 Å². The summed E-state index contributed by atoms with van der Waals surface area (Å²) in [6.07, 6.45) is -7.89. The van der Waals surface area contributed by atoms with E-state index in [1.165, 1.54) is 18.2 Å². The summed E-state index contributed by atoms with van der Waals surface area (Å²) in [6.45, 7) is -0.682. The summed E-state index contributed by atoms with van der Waals surface area (Å²) < 4.78 is 16.2. The fourth-order valence-corrected chi connectivity index (χ4v) is 4.28. The lowest BCUT2D eigenvalue weighted by Gasteiger charge is -2.39. The monoisotopic (exact) mass is 488 g/mol. The fourth-order valence-electron chi connectivity index (χ4n) is 4.28. The summed E-state index contributed by atoms with van der Waals surface area (Å²) >= 11 is 0. The molecule has 1 aromatic heterocycles. The van der Waals surface area contributed by atoms with Crippen LogP contribution in [0.3, 0.4) is 0 Å². The highest BCUT2D eigenvalue weighted by Gasteiger charge is 2.45. The van der Waals surface area contributed by atoms with E-state index in [0.29, 0.717) is 0 Å². The molecule has 0 unspecified atom stereocenters. The van der Waals surface area contributed by atoms with Gasteiger partial charge in [0.1, 0.15) is 35.9 Å². The third kappa shape index (κ3) is 3.38. The summed E-state index contributed by atoms with van der Waals surface area (Å²) in [7, 11) is 0. The van der Waals surface area contributed by atoms with Crippen molar-refractivity contribution in [2.24, 2.45) is 0 Å². The summed E-state index contributed by atoms with van der Waals surface area (Å²) in [6, 6.07) is 6.15. The Morgan fingerprint density at radius 2 is 1.51 bits per heavy atom. The van der Waals surface area contributed by atoms with E-state index >= 15 is 0 Å². The molecule has 35 heavy (non-hydrogen) atoms. The van der Waals surface area contributed by atoms with Gasteiger partial charge in [0.2, 0.25) is 6.29 Å². The number of rotatable bonds is 3. The molecule has 1 saturated heterocycles. The molecule has 0 saturated carbocycles. The van der Waals surface area contributed by atoms with Crippen LogP contribution in [-0.4, -0.2) is 78.2 Å². The molecular weight excluding hydrogens is 468 g/mol. The maximum atomic E-state index is 12.5. The van der Waals surface area contributed by atoms with Crippen molar-refractivity contribution >= 4 is 32.5 Å². The molecule has 184 valence electrons. The number of hydrogen-bond acceptors (Lipinski definition) is 12. The standard InChI is InChI=1S/C23H20O12/c24-6-13-17(28)19(30)20(31)23(34-13)33-12-3-1-2-7-14(12)18(29)15-8-4-10(25)11(26)5-9(8)22(32)35-21(15)16(7)27/h1-5,13,17,19-20,23-31H,6H2/t13-,17-,19+,20-,23-/m1/s1. The van der Waals surface area contributed by atoms with Crippen molar-refractivity contribution in [3.63, 3.8) is 0 Å². The molecule has 5 atom stereocenters. The van der Waals surface area contributed by atoms with Crippen molar-refractivity contribution < 1.29 is 54.7 Å². The Labute approximate surface area is 194 Å². The lowest BCUT2D eigenvalue weighted by atomic mass is 9.98. The molecule has 4 aromatic rings. The van der Waals surface area contributed by atoms with Crippen LogP contribution in [0.25, 0.3) is 32.5 Å². The molecule has 3 aromatic carbocycles. The predicted molar refractivity (Wildman–Crippen MR) is 119 cm³/mol. The molecule has 0 amide bonds. The first-order chi connectivity index (χ1) is 16.6. The van der Waals surface area contributed by atoms with Crippen molar-refractivity contribution in [1.82, 2.24) is 0 Å². The lowest BCUT2D eigenvalue weighted by Crippen LogP contribution is -2.60. The van der Waals surface area contributed by atoms with Crippen LogP contribution in [0.1, 0.15) is 0 Å². The van der Waals surface area contributed by atoms with Crippen LogP contribution in [0.15, 0.2) is 39.5 Å². The van der Waals surface area contributed by atoms with Crippen LogP contribution >= 0.6 is 0 Å². The van der Waals surface area contributed by atoms with E-state index in [1.54, 1.807) is 0 Å². The molecule has 0 radical (unpaired) electrons. The van der Waals surface area contributed by atoms with E-state index in [2.05, 4.69) is 0 Å². The van der Waals surface area contributed by atoms with Crippen molar-refractivity contribution in [3.05, 3.63) is 40.8 Å². The molecule has 8 N–H and O–H groups in total. The van der Waals surface area contributed by atoms with Crippen LogP contribution in [-0.2, 0) is 4.74 Å². The molecule has 0 bridgehead atoms. The molecule has 12 nitrogen and oxygen atoms in total. The van der Waals surface area contributed by atoms with Gasteiger partial charge in [-0.15, -0.1) is 0 Å². The molecule has 0 aliphatic carbocycles. The van der Waals surface area contributed by atoms with E-state index in [9.17, 15) is 45.6 Å². The first-order valence-electron chi connectivity index (χ1n) is 10.4. The molecule has 1 aliphatic rings. The van der Waals surface area contributed by atoms with Gasteiger partial charge in [-0.25, -0.2) is 4.79 Å². The Morgan fingerprint density at radius 3 is 2.20 bits per heavy atom. The number of phenols is 4. The average molecular weight is 488 g/mol. The zero-order valence-corrected chi connectivity index (χ0v) is 17.7. The molecule has 2 heterocycles. The van der Waals surface area contributed by atoms with Crippen LogP contribution in [0.4, 0.5) is 0 Å². The number of benzene rings is 3. The number of fused-ring (bicyclic) bond motifs is 4. The Morgan fingerprint density at radius 1 is 0.829 bits per heavy atom. The summed E-state index contributed by atoms with van der Waals surface area (Å²) in [4.78, 5) is 12.5. The minimum atomic E-state index is -1.74. The molecular formula is C23H20O12. The van der Waals surface area contributed by atoms with Gasteiger partial charge in [0.15, 0.2) is 22.8 Å². The van der Waals surface area contributed by atoms with Crippen LogP contribution in [0.5, 0.6) is 28.7 Å². The van der Waals surface area contributed by atoms with E-state index < -0.39 is 65.9 Å². The maximum Gasteiger partial charge on any atom is 0.344 e. The van der Waals surface area contributed by atoms with Gasteiger partial charge < -0.3 is 54.7 Å². The first kappa shape index (κ1) is 23.0. The van der Waals surface area contributed by atoms with Gasteiger partial charge >= 0.3 is 5.63 Å². The second kappa shape index (κ2) is 8.15. The van der Waals surface area contributed by atoms with Gasteiger partial charge in [-0.2, -0.15) is 0 Å². The van der Waals surface area contributed by atoms with Gasteiger partial charge in [-0.05, 0) is 18.2 Å². The maximum absolute atomic E-state index is 12.5. The Hall–Kier alpha value is -3.81. The number of aliphatic hydroxyl groups excluding tert-OH is 4. The van der Waals surface area contributed by atoms with Crippen molar-refractivity contribution in [1.29, 1.82) is 0 Å². The number of hydrogen-bond donors (Lipinski definition) is 8. The molecule has 5 rings (SSSR count). The highest BCUT2D eigenvalue weighted by Crippen LogP contribution is 2.48. The largest absolute Gasteiger partial charge is 0.506 e. The Bertz CT molecular complexity index is 1530. The quantitative estimate of drug-likeness (QED) is 0.0634. The third-order valence-corrected chi connectivity index (χ3v) is 6.09. The minimum Gasteiger partial charge on any atom is -0.506 e. The van der Waals surface area contributed by atoms with Gasteiger partial charge in [0, 0.05) is 10.8 Å². The van der Waals surface area contributed by atoms with Gasteiger partial charge in [-0.1, -0.05) is 12.1 Å². The number of ether oxygens (including phenoxy) is 2. The van der Waals surface area contributed by atoms with Gasteiger partial charge in [-0.3, -0.25) is 0 Å². The normalized spacial score (nSPS) is 24.9. The second-order valence-corrected chi connectivity index (χ2v) is 8.17. The van der Waals surface area contributed by atoms with E-state index in [0.717, 1.165) is 12.1 Å². The predicted octanol–water partition coefficient (Wildman–Crippen LogP) is 0.100. The fraction of sp³-hybridized carbons (Fsp3) is 0.261. The zero-order chi connectivity index (χ0) is 25.2. The van der Waals surface area contributed by atoms with Gasteiger partial charge in [0.25, 0.3) is 0 Å². The third-order valence-electron chi connectivity index (χ3n) is 6.09. The number of phenolic OH excluding ortho intramolecular Hbond substituents is 4. The molecule has 1 aliphatic heterocycles. The zero-order valence-electron chi connectivity index (χ0n) is 17.7. The van der Waals surface area contributed by atoms with Crippen molar-refractivity contribution in [3.8, 4) is 28.7 Å². The summed E-state index contributed by atoms with van der Waals surface area (Å²) in [5.74, 6) is -2.40. The molecule has 12 heteroatoms. The van der Waals surface area contributed by atoms with E-state index in [4.69, 9.17) is 13.9 Å². The number of aliphatic hydroxyl groups is 4. The Kier molecular flexibility index (Phi) is 5.34. The SMILES string of the molecule is O=c1oc2c(O)c3cccc(O[C@@H]4O[C@H](CO)[C@@H](O)[C@H](O)[C@H]4O)c3c(O)c2c2cc(O)c(O)cc12. The number of aromatic hydroxyl groups is 4. The second-order valence-electron chi connectivity index (χ2n) is 8.17. The molecule has 1 fully saturated rings. The van der Waals surface area contributed by atoms with E-state index in [1.807, 2.05) is 0 Å². The van der Waals surface area contributed by atoms with Gasteiger partial charge in [0.05, 0.1) is 22.8 Å².